The van der Waals surface area contributed by atoms with Crippen LogP contribution in [-0.2, 0) is 12.8 Å². The Labute approximate surface area is 177 Å². The zero-order chi connectivity index (χ0) is 17.4. The summed E-state index contributed by atoms with van der Waals surface area (Å²) in [5.41, 5.74) is 0.686. The van der Waals surface area contributed by atoms with Crippen molar-refractivity contribution < 1.29 is 4.39 Å². The van der Waals surface area contributed by atoms with E-state index in [1.807, 2.05) is 19.2 Å². The van der Waals surface area contributed by atoms with Crippen LogP contribution in [0.15, 0.2) is 33.9 Å². The van der Waals surface area contributed by atoms with Gasteiger partial charge in [-0.2, -0.15) is 0 Å². The lowest BCUT2D eigenvalue weighted by molar-refractivity contribution is 0.606. The van der Waals surface area contributed by atoms with Gasteiger partial charge in [-0.15, -0.1) is 35.3 Å². The van der Waals surface area contributed by atoms with Gasteiger partial charge in [0.25, 0.3) is 0 Å². The van der Waals surface area contributed by atoms with Crippen LogP contribution in [0.2, 0.25) is 0 Å². The Balaban J connectivity index is 0.00000312. The first-order valence-corrected chi connectivity index (χ1v) is 9.57. The smallest absolute Gasteiger partial charge is 0.191 e. The van der Waals surface area contributed by atoms with E-state index in [1.165, 1.54) is 10.9 Å². The van der Waals surface area contributed by atoms with Crippen molar-refractivity contribution in [2.75, 3.05) is 19.6 Å². The van der Waals surface area contributed by atoms with Crippen molar-refractivity contribution in [3.8, 4) is 0 Å². The molecule has 0 unspecified atom stereocenters. The summed E-state index contributed by atoms with van der Waals surface area (Å²) >= 11 is 5.08. The van der Waals surface area contributed by atoms with E-state index in [-0.39, 0.29) is 29.8 Å². The van der Waals surface area contributed by atoms with Crippen LogP contribution in [0, 0.1) is 12.7 Å². The van der Waals surface area contributed by atoms with Crippen molar-refractivity contribution in [1.82, 2.24) is 15.6 Å². The van der Waals surface area contributed by atoms with Crippen LogP contribution in [-0.4, -0.2) is 30.6 Å². The highest BCUT2D eigenvalue weighted by atomic mass is 127. The number of benzene rings is 1. The molecule has 1 heterocycles. The average Bonchev–Trinajstić information content (AvgIpc) is 2.96. The molecule has 8 heteroatoms. The van der Waals surface area contributed by atoms with Crippen molar-refractivity contribution in [3.63, 3.8) is 0 Å². The Morgan fingerprint density at radius 1 is 1.32 bits per heavy atom. The highest BCUT2D eigenvalue weighted by Gasteiger charge is 2.04. The topological polar surface area (TPSA) is 49.3 Å². The van der Waals surface area contributed by atoms with Crippen LogP contribution in [0.25, 0.3) is 0 Å². The normalized spacial score (nSPS) is 11.1. The number of hydrogen-bond acceptors (Lipinski definition) is 3. The largest absolute Gasteiger partial charge is 0.357 e. The molecular weight excluding hydrogens is 518 g/mol. The Hall–Kier alpha value is -0.740. The molecule has 0 aliphatic carbocycles. The molecule has 4 nitrogen and oxygen atoms in total. The van der Waals surface area contributed by atoms with E-state index in [1.54, 1.807) is 17.4 Å². The maximum Gasteiger partial charge on any atom is 0.191 e. The number of hydrogen-bond donors (Lipinski definition) is 2. The molecule has 1 aromatic heterocycles. The molecule has 1 aromatic carbocycles. The molecule has 2 aromatic rings. The SMILES string of the molecule is CCNC(=NCCc1ncc(C)s1)NCCc1cc(Br)ccc1F.I. The lowest BCUT2D eigenvalue weighted by atomic mass is 10.1. The number of halogens is 3. The zero-order valence-electron chi connectivity index (χ0n) is 14.3. The molecule has 0 saturated carbocycles. The summed E-state index contributed by atoms with van der Waals surface area (Å²) in [6, 6.07) is 5.00. The van der Waals surface area contributed by atoms with Crippen molar-refractivity contribution in [2.45, 2.75) is 26.7 Å². The van der Waals surface area contributed by atoms with E-state index < -0.39 is 0 Å². The fraction of sp³-hybridized carbons (Fsp3) is 0.412. The summed E-state index contributed by atoms with van der Waals surface area (Å²) in [6.45, 7) is 6.16. The van der Waals surface area contributed by atoms with Gasteiger partial charge in [-0.05, 0) is 44.0 Å². The number of thiazole rings is 1. The Morgan fingerprint density at radius 2 is 2.12 bits per heavy atom. The number of aryl methyl sites for hydroxylation is 1. The van der Waals surface area contributed by atoms with Crippen molar-refractivity contribution in [3.05, 3.63) is 50.1 Å². The minimum absolute atomic E-state index is 0. The standard InChI is InChI=1S/C17H22BrFN4S.HI/c1-3-20-17(22-9-7-16-23-11-12(2)24-16)21-8-6-13-10-14(18)4-5-15(13)19;/h4-5,10-11H,3,6-9H2,1-2H3,(H2,20,21,22);1H. The molecule has 0 saturated heterocycles. The minimum atomic E-state index is -0.180. The number of guanidine groups is 1. The molecule has 0 bridgehead atoms. The maximum atomic E-state index is 13.7. The molecule has 25 heavy (non-hydrogen) atoms. The first-order valence-electron chi connectivity index (χ1n) is 7.96. The molecule has 2 rings (SSSR count). The molecular formula is C17H23BrFIN4S. The highest BCUT2D eigenvalue weighted by Crippen LogP contribution is 2.15. The monoisotopic (exact) mass is 540 g/mol. The van der Waals surface area contributed by atoms with Gasteiger partial charge in [-0.3, -0.25) is 4.99 Å². The molecule has 0 atom stereocenters. The minimum Gasteiger partial charge on any atom is -0.357 e. The molecule has 0 aliphatic heterocycles. The lowest BCUT2D eigenvalue weighted by Gasteiger charge is -2.11. The fourth-order valence-electron chi connectivity index (χ4n) is 2.17. The van der Waals surface area contributed by atoms with E-state index in [0.29, 0.717) is 25.1 Å². The lowest BCUT2D eigenvalue weighted by Crippen LogP contribution is -2.38. The summed E-state index contributed by atoms with van der Waals surface area (Å²) in [4.78, 5) is 10.1. The van der Waals surface area contributed by atoms with Crippen LogP contribution < -0.4 is 10.6 Å². The maximum absolute atomic E-state index is 13.7. The Bertz CT molecular complexity index is 693. The first-order chi connectivity index (χ1) is 11.6. The first kappa shape index (κ1) is 22.3. The Kier molecular flexibility index (Phi) is 10.5. The van der Waals surface area contributed by atoms with Gasteiger partial charge >= 0.3 is 0 Å². The molecule has 2 N–H and O–H groups in total. The van der Waals surface area contributed by atoms with Gasteiger partial charge in [0.2, 0.25) is 0 Å². The quantitative estimate of drug-likeness (QED) is 0.312. The summed E-state index contributed by atoms with van der Waals surface area (Å²) < 4.78 is 14.6. The molecule has 0 spiro atoms. The number of aromatic nitrogens is 1. The third-order valence-electron chi connectivity index (χ3n) is 3.30. The molecule has 0 fully saturated rings. The fourth-order valence-corrected chi connectivity index (χ4v) is 3.36. The van der Waals surface area contributed by atoms with Gasteiger partial charge in [-0.25, -0.2) is 9.37 Å². The van der Waals surface area contributed by atoms with Gasteiger partial charge in [0.15, 0.2) is 5.96 Å². The van der Waals surface area contributed by atoms with Gasteiger partial charge < -0.3 is 10.6 Å². The van der Waals surface area contributed by atoms with Crippen LogP contribution in [0.5, 0.6) is 0 Å². The summed E-state index contributed by atoms with van der Waals surface area (Å²) in [5, 5.41) is 7.55. The molecule has 0 radical (unpaired) electrons. The number of nitrogens with zero attached hydrogens (tertiary/aromatic N) is 2. The summed E-state index contributed by atoms with van der Waals surface area (Å²) in [7, 11) is 0. The van der Waals surface area contributed by atoms with Gasteiger partial charge in [0, 0.05) is 41.6 Å². The van der Waals surface area contributed by atoms with Gasteiger partial charge in [0.1, 0.15) is 5.82 Å². The molecule has 0 amide bonds. The number of nitrogens with one attached hydrogen (secondary N) is 2. The van der Waals surface area contributed by atoms with E-state index in [2.05, 4.69) is 43.5 Å². The second kappa shape index (κ2) is 11.8. The van der Waals surface area contributed by atoms with Gasteiger partial charge in [-0.1, -0.05) is 15.9 Å². The van der Waals surface area contributed by atoms with Crippen LogP contribution in [0.3, 0.4) is 0 Å². The van der Waals surface area contributed by atoms with Crippen molar-refractivity contribution in [2.24, 2.45) is 4.99 Å². The van der Waals surface area contributed by atoms with Crippen molar-refractivity contribution in [1.29, 1.82) is 0 Å². The van der Waals surface area contributed by atoms with Crippen LogP contribution in [0.4, 0.5) is 4.39 Å². The highest BCUT2D eigenvalue weighted by molar-refractivity contribution is 14.0. The van der Waals surface area contributed by atoms with Crippen LogP contribution in [0.1, 0.15) is 22.4 Å². The van der Waals surface area contributed by atoms with E-state index in [0.717, 1.165) is 28.4 Å². The van der Waals surface area contributed by atoms with E-state index in [9.17, 15) is 4.39 Å². The average molecular weight is 541 g/mol. The zero-order valence-corrected chi connectivity index (χ0v) is 19.0. The predicted octanol–water partition coefficient (Wildman–Crippen LogP) is 4.31. The third kappa shape index (κ3) is 8.00. The second-order valence-corrected chi connectivity index (χ2v) is 7.52. The van der Waals surface area contributed by atoms with E-state index >= 15 is 0 Å². The van der Waals surface area contributed by atoms with Gasteiger partial charge in [0.05, 0.1) is 5.01 Å². The van der Waals surface area contributed by atoms with Crippen LogP contribution >= 0.6 is 51.2 Å². The number of aliphatic imine (C=N–C) groups is 1. The predicted molar refractivity (Wildman–Crippen MR) is 118 cm³/mol. The second-order valence-electron chi connectivity index (χ2n) is 5.29. The third-order valence-corrected chi connectivity index (χ3v) is 4.77. The summed E-state index contributed by atoms with van der Waals surface area (Å²) in [6.07, 6.45) is 3.32. The van der Waals surface area contributed by atoms with Crippen molar-refractivity contribution >= 4 is 57.2 Å². The molecule has 138 valence electrons. The summed E-state index contributed by atoms with van der Waals surface area (Å²) in [5.74, 6) is 0.572. The number of rotatable bonds is 7. The molecule has 0 aliphatic rings. The van der Waals surface area contributed by atoms with E-state index in [4.69, 9.17) is 0 Å². The Morgan fingerprint density at radius 3 is 2.80 bits per heavy atom.